The van der Waals surface area contributed by atoms with E-state index >= 15 is 0 Å². The summed E-state index contributed by atoms with van der Waals surface area (Å²) in [5.74, 6) is 0.319. The second-order valence-electron chi connectivity index (χ2n) is 5.17. The van der Waals surface area contributed by atoms with E-state index in [1.165, 1.54) is 0 Å². The van der Waals surface area contributed by atoms with Crippen LogP contribution in [0, 0.1) is 0 Å². The highest BCUT2D eigenvalue weighted by Crippen LogP contribution is 2.08. The average molecular weight is 344 g/mol. The number of amides is 1. The first-order valence-electron chi connectivity index (χ1n) is 7.47. The SMILES string of the molecule is COCCN1CCN(C(=O)CCCCCCN)CC1.Cl.Cl. The molecule has 0 spiro atoms. The Labute approximate surface area is 141 Å². The zero-order valence-electron chi connectivity index (χ0n) is 13.1. The lowest BCUT2D eigenvalue weighted by Gasteiger charge is -2.34. The molecule has 0 bridgehead atoms. The number of rotatable bonds is 9. The molecule has 0 aromatic heterocycles. The minimum Gasteiger partial charge on any atom is -0.383 e. The molecular formula is C14H31Cl2N3O2. The fourth-order valence-corrected chi connectivity index (χ4v) is 2.37. The number of ether oxygens (including phenoxy) is 1. The van der Waals surface area contributed by atoms with Gasteiger partial charge in [0.2, 0.25) is 5.91 Å². The van der Waals surface area contributed by atoms with Crippen LogP contribution in [0.1, 0.15) is 32.1 Å². The van der Waals surface area contributed by atoms with Crippen LogP contribution in [0.15, 0.2) is 0 Å². The third-order valence-electron chi connectivity index (χ3n) is 3.68. The van der Waals surface area contributed by atoms with Gasteiger partial charge < -0.3 is 15.4 Å². The highest BCUT2D eigenvalue weighted by Gasteiger charge is 2.20. The average Bonchev–Trinajstić information content (AvgIpc) is 2.45. The van der Waals surface area contributed by atoms with E-state index in [1.54, 1.807) is 7.11 Å². The van der Waals surface area contributed by atoms with Crippen LogP contribution in [0.25, 0.3) is 0 Å². The first-order chi connectivity index (χ1) is 9.27. The number of carbonyl (C=O) groups excluding carboxylic acids is 1. The van der Waals surface area contributed by atoms with Crippen molar-refractivity contribution in [1.82, 2.24) is 9.80 Å². The molecular weight excluding hydrogens is 313 g/mol. The Kier molecular flexibility index (Phi) is 16.4. The standard InChI is InChI=1S/C14H29N3O2.2ClH/c1-19-13-12-16-8-10-17(11-9-16)14(18)6-4-2-3-5-7-15;;/h2-13,15H2,1H3;2*1H. The van der Waals surface area contributed by atoms with Gasteiger partial charge in [-0.15, -0.1) is 24.8 Å². The first kappa shape index (κ1) is 23.2. The zero-order valence-corrected chi connectivity index (χ0v) is 14.7. The maximum atomic E-state index is 12.0. The zero-order chi connectivity index (χ0) is 13.9. The Morgan fingerprint density at radius 2 is 1.67 bits per heavy atom. The number of hydrogen-bond donors (Lipinski definition) is 1. The van der Waals surface area contributed by atoms with E-state index in [0.717, 1.165) is 71.6 Å². The van der Waals surface area contributed by atoms with Crippen LogP contribution in [0.2, 0.25) is 0 Å². The van der Waals surface area contributed by atoms with Gasteiger partial charge in [-0.3, -0.25) is 9.69 Å². The molecule has 2 N–H and O–H groups in total. The smallest absolute Gasteiger partial charge is 0.222 e. The normalized spacial score (nSPS) is 15.2. The molecule has 0 saturated carbocycles. The van der Waals surface area contributed by atoms with Crippen LogP contribution in [0.3, 0.4) is 0 Å². The van der Waals surface area contributed by atoms with Crippen LogP contribution in [0.4, 0.5) is 0 Å². The molecule has 0 atom stereocenters. The van der Waals surface area contributed by atoms with Gasteiger partial charge in [0.05, 0.1) is 6.61 Å². The number of unbranched alkanes of at least 4 members (excludes halogenated alkanes) is 3. The van der Waals surface area contributed by atoms with Crippen LogP contribution < -0.4 is 5.73 Å². The maximum Gasteiger partial charge on any atom is 0.222 e. The number of halogens is 2. The molecule has 1 heterocycles. The summed E-state index contributed by atoms with van der Waals surface area (Å²) in [4.78, 5) is 16.4. The molecule has 1 fully saturated rings. The molecule has 21 heavy (non-hydrogen) atoms. The monoisotopic (exact) mass is 343 g/mol. The molecule has 0 aliphatic carbocycles. The Balaban J connectivity index is 0. The lowest BCUT2D eigenvalue weighted by molar-refractivity contribution is -0.133. The van der Waals surface area contributed by atoms with Gasteiger partial charge in [0, 0.05) is 46.3 Å². The summed E-state index contributed by atoms with van der Waals surface area (Å²) in [7, 11) is 1.73. The third kappa shape index (κ3) is 10.3. The fourth-order valence-electron chi connectivity index (χ4n) is 2.37. The molecule has 1 aliphatic rings. The summed E-state index contributed by atoms with van der Waals surface area (Å²) in [6.07, 6.45) is 5.04. The highest BCUT2D eigenvalue weighted by atomic mass is 35.5. The molecule has 0 radical (unpaired) electrons. The Hall–Kier alpha value is -0.0700. The Bertz CT molecular complexity index is 250. The summed E-state index contributed by atoms with van der Waals surface area (Å²) in [6, 6.07) is 0. The summed E-state index contributed by atoms with van der Waals surface area (Å²) in [6.45, 7) is 6.19. The number of carbonyl (C=O) groups is 1. The lowest BCUT2D eigenvalue weighted by atomic mass is 10.1. The largest absolute Gasteiger partial charge is 0.383 e. The second-order valence-corrected chi connectivity index (χ2v) is 5.17. The molecule has 1 rings (SSSR count). The van der Waals surface area contributed by atoms with Crippen LogP contribution in [-0.4, -0.2) is 68.7 Å². The number of methoxy groups -OCH3 is 1. The van der Waals surface area contributed by atoms with Crippen LogP contribution >= 0.6 is 24.8 Å². The summed E-state index contributed by atoms with van der Waals surface area (Å²) in [5, 5.41) is 0. The molecule has 0 aromatic rings. The summed E-state index contributed by atoms with van der Waals surface area (Å²) >= 11 is 0. The van der Waals surface area contributed by atoms with Crippen molar-refractivity contribution in [2.24, 2.45) is 5.73 Å². The quantitative estimate of drug-likeness (QED) is 0.645. The van der Waals surface area contributed by atoms with E-state index < -0.39 is 0 Å². The van der Waals surface area contributed by atoms with E-state index in [1.807, 2.05) is 4.90 Å². The third-order valence-corrected chi connectivity index (χ3v) is 3.68. The van der Waals surface area contributed by atoms with Crippen molar-refractivity contribution in [3.63, 3.8) is 0 Å². The lowest BCUT2D eigenvalue weighted by Crippen LogP contribution is -2.49. The van der Waals surface area contributed by atoms with E-state index in [-0.39, 0.29) is 24.8 Å². The number of nitrogens with two attached hydrogens (primary N) is 1. The van der Waals surface area contributed by atoms with Gasteiger partial charge in [0.25, 0.3) is 0 Å². The van der Waals surface area contributed by atoms with E-state index in [0.29, 0.717) is 12.3 Å². The maximum absolute atomic E-state index is 12.0. The molecule has 128 valence electrons. The van der Waals surface area contributed by atoms with Crippen LogP contribution in [-0.2, 0) is 9.53 Å². The van der Waals surface area contributed by atoms with Crippen molar-refractivity contribution in [3.05, 3.63) is 0 Å². The van der Waals surface area contributed by atoms with Crippen molar-refractivity contribution in [1.29, 1.82) is 0 Å². The second kappa shape index (κ2) is 14.9. The number of hydrogen-bond acceptors (Lipinski definition) is 4. The van der Waals surface area contributed by atoms with Crippen molar-refractivity contribution in [2.75, 3.05) is 53.0 Å². The molecule has 1 amide bonds. The minimum atomic E-state index is 0. The van der Waals surface area contributed by atoms with Crippen molar-refractivity contribution in [2.45, 2.75) is 32.1 Å². The predicted octanol–water partition coefficient (Wildman–Crippen LogP) is 1.53. The number of nitrogens with zero attached hydrogens (tertiary/aromatic N) is 2. The highest BCUT2D eigenvalue weighted by molar-refractivity contribution is 5.85. The van der Waals surface area contributed by atoms with Crippen molar-refractivity contribution < 1.29 is 9.53 Å². The molecule has 7 heteroatoms. The van der Waals surface area contributed by atoms with Gasteiger partial charge in [-0.25, -0.2) is 0 Å². The van der Waals surface area contributed by atoms with Gasteiger partial charge in [0.1, 0.15) is 0 Å². The Morgan fingerprint density at radius 3 is 2.24 bits per heavy atom. The molecule has 1 aliphatic heterocycles. The van der Waals surface area contributed by atoms with Crippen LogP contribution in [0.5, 0.6) is 0 Å². The van der Waals surface area contributed by atoms with Gasteiger partial charge in [0.15, 0.2) is 0 Å². The summed E-state index contributed by atoms with van der Waals surface area (Å²) < 4.78 is 5.07. The van der Waals surface area contributed by atoms with Gasteiger partial charge in [-0.1, -0.05) is 12.8 Å². The van der Waals surface area contributed by atoms with Gasteiger partial charge in [-0.2, -0.15) is 0 Å². The molecule has 0 unspecified atom stereocenters. The topological polar surface area (TPSA) is 58.8 Å². The van der Waals surface area contributed by atoms with Gasteiger partial charge >= 0.3 is 0 Å². The van der Waals surface area contributed by atoms with Gasteiger partial charge in [-0.05, 0) is 19.4 Å². The Morgan fingerprint density at radius 1 is 1.05 bits per heavy atom. The predicted molar refractivity (Wildman–Crippen MR) is 91.5 cm³/mol. The summed E-state index contributed by atoms with van der Waals surface area (Å²) in [5.41, 5.74) is 5.45. The molecule has 0 aromatic carbocycles. The van der Waals surface area contributed by atoms with E-state index in [2.05, 4.69) is 4.90 Å². The van der Waals surface area contributed by atoms with Crippen molar-refractivity contribution in [3.8, 4) is 0 Å². The molecule has 5 nitrogen and oxygen atoms in total. The minimum absolute atomic E-state index is 0. The van der Waals surface area contributed by atoms with E-state index in [9.17, 15) is 4.79 Å². The van der Waals surface area contributed by atoms with Crippen molar-refractivity contribution >= 4 is 30.7 Å². The fraction of sp³-hybridized carbons (Fsp3) is 0.929. The number of piperazine rings is 1. The van der Waals surface area contributed by atoms with E-state index in [4.69, 9.17) is 10.5 Å². The molecule has 1 saturated heterocycles. The first-order valence-corrected chi connectivity index (χ1v) is 7.47.